The van der Waals surface area contributed by atoms with Crippen molar-refractivity contribution in [1.29, 1.82) is 0 Å². The third kappa shape index (κ3) is 5.97. The number of carbonyl (C=O) groups excluding carboxylic acids is 1. The molecule has 0 heterocycles. The molecule has 0 aliphatic carbocycles. The lowest BCUT2D eigenvalue weighted by molar-refractivity contribution is -0.150. The summed E-state index contributed by atoms with van der Waals surface area (Å²) in [5, 5.41) is 0. The molecule has 0 radical (unpaired) electrons. The molecule has 0 aliphatic heterocycles. The van der Waals surface area contributed by atoms with E-state index in [0.29, 0.717) is 12.3 Å². The van der Waals surface area contributed by atoms with Crippen LogP contribution in [0.5, 0.6) is 0 Å². The zero-order valence-electron chi connectivity index (χ0n) is 9.75. The monoisotopic (exact) mass is 201 g/mol. The van der Waals surface area contributed by atoms with Gasteiger partial charge in [-0.05, 0) is 19.3 Å². The Kier molecular flexibility index (Phi) is 6.54. The van der Waals surface area contributed by atoms with E-state index < -0.39 is 0 Å². The first-order valence-corrected chi connectivity index (χ1v) is 5.42. The van der Waals surface area contributed by atoms with Crippen molar-refractivity contribution >= 4 is 5.97 Å². The molecular weight excluding hydrogens is 178 g/mol. The molecule has 84 valence electrons. The molecule has 0 rings (SSSR count). The van der Waals surface area contributed by atoms with Gasteiger partial charge in [-0.1, -0.05) is 27.2 Å². The van der Waals surface area contributed by atoms with E-state index in [0.717, 1.165) is 12.8 Å². The number of rotatable bonds is 6. The van der Waals surface area contributed by atoms with Gasteiger partial charge in [0.2, 0.25) is 0 Å². The minimum atomic E-state index is -0.174. The van der Waals surface area contributed by atoms with Gasteiger partial charge in [0.05, 0.1) is 6.42 Å². The van der Waals surface area contributed by atoms with Gasteiger partial charge in [0.1, 0.15) is 6.10 Å². The Morgan fingerprint density at radius 3 is 2.36 bits per heavy atom. The molecule has 0 aromatic heterocycles. The second kappa shape index (κ2) is 6.82. The number of ether oxygens (including phenoxy) is 1. The molecule has 0 amide bonds. The van der Waals surface area contributed by atoms with Crippen LogP contribution in [0, 0.1) is 5.92 Å². The van der Waals surface area contributed by atoms with Crippen LogP contribution in [0.2, 0.25) is 0 Å². The van der Waals surface area contributed by atoms with Gasteiger partial charge in [-0.3, -0.25) is 4.79 Å². The van der Waals surface area contributed by atoms with E-state index in [2.05, 4.69) is 6.92 Å². The van der Waals surface area contributed by atoms with Gasteiger partial charge in [-0.25, -0.2) is 0 Å². The van der Waals surface area contributed by atoms with Gasteiger partial charge < -0.3 is 10.5 Å². The van der Waals surface area contributed by atoms with Gasteiger partial charge in [0.15, 0.2) is 0 Å². The van der Waals surface area contributed by atoms with E-state index in [1.54, 1.807) is 0 Å². The predicted molar refractivity (Wildman–Crippen MR) is 57.9 cm³/mol. The fourth-order valence-corrected chi connectivity index (χ4v) is 1.08. The molecule has 0 spiro atoms. The number of nitrogens with two attached hydrogens (primary N) is 1. The molecule has 0 saturated heterocycles. The second-order valence-corrected chi connectivity index (χ2v) is 4.19. The molecule has 0 aromatic rings. The van der Waals surface area contributed by atoms with Crippen molar-refractivity contribution < 1.29 is 9.53 Å². The summed E-state index contributed by atoms with van der Waals surface area (Å²) in [4.78, 5) is 11.3. The minimum absolute atomic E-state index is 0.0173. The van der Waals surface area contributed by atoms with Crippen LogP contribution in [0.4, 0.5) is 0 Å². The zero-order chi connectivity index (χ0) is 11.1. The SMILES string of the molecule is CCCC(N)CC(=O)OC(C)C(C)C. The highest BCUT2D eigenvalue weighted by Gasteiger charge is 2.15. The maximum Gasteiger partial charge on any atom is 0.307 e. The first-order valence-electron chi connectivity index (χ1n) is 5.42. The van der Waals surface area contributed by atoms with Crippen molar-refractivity contribution in [2.45, 2.75) is 59.1 Å². The molecule has 2 N–H and O–H groups in total. The van der Waals surface area contributed by atoms with Crippen LogP contribution in [0.25, 0.3) is 0 Å². The van der Waals surface area contributed by atoms with Crippen LogP contribution < -0.4 is 5.73 Å². The fourth-order valence-electron chi connectivity index (χ4n) is 1.08. The largest absolute Gasteiger partial charge is 0.462 e. The average molecular weight is 201 g/mol. The van der Waals surface area contributed by atoms with Crippen LogP contribution in [0.15, 0.2) is 0 Å². The van der Waals surface area contributed by atoms with Crippen LogP contribution >= 0.6 is 0 Å². The van der Waals surface area contributed by atoms with Gasteiger partial charge in [-0.15, -0.1) is 0 Å². The number of esters is 1. The Balaban J connectivity index is 3.75. The summed E-state index contributed by atoms with van der Waals surface area (Å²) in [5.74, 6) is 0.188. The molecule has 2 atom stereocenters. The molecule has 0 aromatic carbocycles. The summed E-state index contributed by atoms with van der Waals surface area (Å²) in [5.41, 5.74) is 5.74. The van der Waals surface area contributed by atoms with Crippen LogP contribution in [0.3, 0.4) is 0 Å². The highest BCUT2D eigenvalue weighted by Crippen LogP contribution is 2.08. The van der Waals surface area contributed by atoms with Gasteiger partial charge >= 0.3 is 5.97 Å². The fraction of sp³-hybridized carbons (Fsp3) is 0.909. The highest BCUT2D eigenvalue weighted by atomic mass is 16.5. The summed E-state index contributed by atoms with van der Waals surface area (Å²) >= 11 is 0. The molecule has 3 nitrogen and oxygen atoms in total. The van der Waals surface area contributed by atoms with E-state index in [1.807, 2.05) is 20.8 Å². The van der Waals surface area contributed by atoms with Crippen molar-refractivity contribution in [3.63, 3.8) is 0 Å². The van der Waals surface area contributed by atoms with Crippen molar-refractivity contribution in [3.8, 4) is 0 Å². The third-order valence-corrected chi connectivity index (χ3v) is 2.34. The van der Waals surface area contributed by atoms with Crippen molar-refractivity contribution in [2.24, 2.45) is 11.7 Å². The summed E-state index contributed by atoms with van der Waals surface area (Å²) in [7, 11) is 0. The Morgan fingerprint density at radius 2 is 1.93 bits per heavy atom. The summed E-state index contributed by atoms with van der Waals surface area (Å²) in [6, 6.07) is -0.0492. The summed E-state index contributed by atoms with van der Waals surface area (Å²) < 4.78 is 5.21. The highest BCUT2D eigenvalue weighted by molar-refractivity contribution is 5.70. The quantitative estimate of drug-likeness (QED) is 0.669. The van der Waals surface area contributed by atoms with E-state index in [-0.39, 0.29) is 18.1 Å². The molecule has 2 unspecified atom stereocenters. The van der Waals surface area contributed by atoms with Gasteiger partial charge in [-0.2, -0.15) is 0 Å². The molecule has 3 heteroatoms. The molecule has 14 heavy (non-hydrogen) atoms. The molecule has 0 fully saturated rings. The lowest BCUT2D eigenvalue weighted by atomic mass is 10.1. The number of carbonyl (C=O) groups is 1. The number of hydrogen-bond donors (Lipinski definition) is 1. The molecule has 0 saturated carbocycles. The Morgan fingerprint density at radius 1 is 1.36 bits per heavy atom. The van der Waals surface area contributed by atoms with Gasteiger partial charge in [0, 0.05) is 6.04 Å². The summed E-state index contributed by atoms with van der Waals surface area (Å²) in [6.45, 7) is 8.03. The first-order chi connectivity index (χ1) is 6.47. The van der Waals surface area contributed by atoms with Crippen LogP contribution in [0.1, 0.15) is 47.0 Å². The Labute approximate surface area is 87.0 Å². The first kappa shape index (κ1) is 13.4. The Hall–Kier alpha value is -0.570. The lowest BCUT2D eigenvalue weighted by Crippen LogP contribution is -2.28. The van der Waals surface area contributed by atoms with E-state index in [1.165, 1.54) is 0 Å². The molecule has 0 aliphatic rings. The van der Waals surface area contributed by atoms with Crippen molar-refractivity contribution in [3.05, 3.63) is 0 Å². The minimum Gasteiger partial charge on any atom is -0.462 e. The predicted octanol–water partition coefficient (Wildman–Crippen LogP) is 2.09. The Bertz CT molecular complexity index is 169. The average Bonchev–Trinajstić information content (AvgIpc) is 2.03. The van der Waals surface area contributed by atoms with Gasteiger partial charge in [0.25, 0.3) is 0 Å². The van der Waals surface area contributed by atoms with Crippen LogP contribution in [-0.4, -0.2) is 18.1 Å². The second-order valence-electron chi connectivity index (χ2n) is 4.19. The molecular formula is C11H23NO2. The standard InChI is InChI=1S/C11H23NO2/c1-5-6-10(12)7-11(13)14-9(4)8(2)3/h8-10H,5-7,12H2,1-4H3. The smallest absolute Gasteiger partial charge is 0.307 e. The zero-order valence-corrected chi connectivity index (χ0v) is 9.75. The van der Waals surface area contributed by atoms with E-state index in [9.17, 15) is 4.79 Å². The lowest BCUT2D eigenvalue weighted by Gasteiger charge is -2.18. The number of hydrogen-bond acceptors (Lipinski definition) is 3. The van der Waals surface area contributed by atoms with E-state index >= 15 is 0 Å². The van der Waals surface area contributed by atoms with Crippen LogP contribution in [-0.2, 0) is 9.53 Å². The summed E-state index contributed by atoms with van der Waals surface area (Å²) in [6.07, 6.45) is 2.21. The topological polar surface area (TPSA) is 52.3 Å². The van der Waals surface area contributed by atoms with Crippen molar-refractivity contribution in [1.82, 2.24) is 0 Å². The molecule has 0 bridgehead atoms. The van der Waals surface area contributed by atoms with E-state index in [4.69, 9.17) is 10.5 Å². The normalized spacial score (nSPS) is 15.3. The third-order valence-electron chi connectivity index (χ3n) is 2.34. The van der Waals surface area contributed by atoms with Crippen molar-refractivity contribution in [2.75, 3.05) is 0 Å². The maximum absolute atomic E-state index is 11.3. The maximum atomic E-state index is 11.3.